The molecule has 0 bridgehead atoms. The number of carbonyl (C=O) groups is 1. The molecule has 0 saturated heterocycles. The van der Waals surface area contributed by atoms with Gasteiger partial charge in [-0.3, -0.25) is 0 Å². The van der Waals surface area contributed by atoms with Crippen molar-refractivity contribution in [3.8, 4) is 5.75 Å². The average molecular weight is 501 g/mol. The Hall–Kier alpha value is -2.11. The van der Waals surface area contributed by atoms with Crippen LogP contribution in [0.15, 0.2) is 18.2 Å². The lowest BCUT2D eigenvalue weighted by atomic mass is 9.95. The summed E-state index contributed by atoms with van der Waals surface area (Å²) < 4.78 is 92.4. The molecule has 32 heavy (non-hydrogen) atoms. The Bertz CT molecular complexity index is 1140. The summed E-state index contributed by atoms with van der Waals surface area (Å²) in [5.41, 5.74) is -7.05. The fourth-order valence-corrected chi connectivity index (χ4v) is 3.66. The smallest absolute Gasteiger partial charge is 0.464 e. The van der Waals surface area contributed by atoms with Gasteiger partial charge in [0.2, 0.25) is 0 Å². The van der Waals surface area contributed by atoms with Gasteiger partial charge in [0.25, 0.3) is 0 Å². The molecule has 0 aliphatic rings. The Balaban J connectivity index is 2.97. The number of ether oxygens (including phenoxy) is 2. The number of carbonyl (C=O) groups excluding carboxylic acids is 1. The number of benzene rings is 2. The normalized spacial score (nSPS) is 13.8. The summed E-state index contributed by atoms with van der Waals surface area (Å²) in [7, 11) is -6.20. The van der Waals surface area contributed by atoms with Crippen molar-refractivity contribution < 1.29 is 44.4 Å². The highest BCUT2D eigenvalue weighted by atomic mass is 35.5. The third kappa shape index (κ3) is 5.62. The molecule has 0 aromatic heterocycles. The van der Waals surface area contributed by atoms with E-state index in [9.17, 15) is 30.8 Å². The summed E-state index contributed by atoms with van der Waals surface area (Å²) in [5, 5.41) is -0.580. The zero-order valence-corrected chi connectivity index (χ0v) is 19.3. The first kappa shape index (κ1) is 26.1. The summed E-state index contributed by atoms with van der Waals surface area (Å²) in [5.74, 6) is -2.89. The number of esters is 1. The fourth-order valence-electron chi connectivity index (χ4n) is 2.91. The Morgan fingerprint density at radius 3 is 2.22 bits per heavy atom. The first-order valence-corrected chi connectivity index (χ1v) is 11.0. The molecule has 0 spiro atoms. The molecule has 2 aromatic carbocycles. The molecule has 0 aliphatic heterocycles. The second-order valence-corrected chi connectivity index (χ2v) is 9.71. The zero-order valence-electron chi connectivity index (χ0n) is 17.8. The van der Waals surface area contributed by atoms with E-state index >= 15 is 0 Å². The topological polar surface area (TPSA) is 78.9 Å². The minimum Gasteiger partial charge on any atom is -0.464 e. The van der Waals surface area contributed by atoms with Crippen LogP contribution in [0.25, 0.3) is 10.8 Å². The molecular formula is C20H21ClF4O6S. The predicted octanol–water partition coefficient (Wildman–Crippen LogP) is 5.59. The van der Waals surface area contributed by atoms with Crippen molar-refractivity contribution >= 4 is 38.5 Å². The highest BCUT2D eigenvalue weighted by molar-refractivity contribution is 7.88. The lowest BCUT2D eigenvalue weighted by molar-refractivity contribution is -0.167. The van der Waals surface area contributed by atoms with Gasteiger partial charge in [0.15, 0.2) is 11.9 Å². The Morgan fingerprint density at radius 1 is 1.12 bits per heavy atom. The van der Waals surface area contributed by atoms with E-state index < -0.39 is 50.3 Å². The molecule has 178 valence electrons. The second kappa shape index (κ2) is 9.03. The average Bonchev–Trinajstić information content (AvgIpc) is 2.59. The van der Waals surface area contributed by atoms with Crippen LogP contribution < -0.4 is 4.18 Å². The van der Waals surface area contributed by atoms with Crippen LogP contribution in [0.4, 0.5) is 17.6 Å². The number of fused-ring (bicyclic) bond motifs is 1. The number of alkyl halides is 3. The molecule has 6 nitrogen and oxygen atoms in total. The summed E-state index contributed by atoms with van der Waals surface area (Å²) in [6, 6.07) is 3.02. The molecule has 0 N–H and O–H groups in total. The maximum atomic E-state index is 14.1. The molecule has 0 heterocycles. The van der Waals surface area contributed by atoms with Crippen LogP contribution in [0.1, 0.15) is 44.9 Å². The summed E-state index contributed by atoms with van der Waals surface area (Å²) >= 11 is 6.03. The van der Waals surface area contributed by atoms with E-state index in [2.05, 4.69) is 4.18 Å². The van der Waals surface area contributed by atoms with Gasteiger partial charge in [0.05, 0.1) is 17.2 Å². The van der Waals surface area contributed by atoms with E-state index in [1.54, 1.807) is 20.8 Å². The highest BCUT2D eigenvalue weighted by Gasteiger charge is 2.49. The molecule has 0 aliphatic carbocycles. The van der Waals surface area contributed by atoms with Gasteiger partial charge in [-0.15, -0.1) is 0 Å². The van der Waals surface area contributed by atoms with Crippen molar-refractivity contribution in [2.24, 2.45) is 0 Å². The third-order valence-corrected chi connectivity index (χ3v) is 5.35. The predicted molar refractivity (Wildman–Crippen MR) is 109 cm³/mol. The fraction of sp³-hybridized carbons (Fsp3) is 0.450. The number of aryl methyl sites for hydroxylation is 1. The Kier molecular flexibility index (Phi) is 7.38. The maximum absolute atomic E-state index is 14.1. The SMILES string of the molecule is CCOC(=O)[C@@H](OC(C)(C)C)c1c(C)cc2c(Cl)cc(F)cc2c1OS(=O)(=O)C(F)(F)F. The molecule has 0 radical (unpaired) electrons. The lowest BCUT2D eigenvalue weighted by Gasteiger charge is -2.29. The summed E-state index contributed by atoms with van der Waals surface area (Å²) in [6.07, 6.45) is -1.68. The quantitative estimate of drug-likeness (QED) is 0.223. The van der Waals surface area contributed by atoms with Crippen LogP contribution in [-0.4, -0.2) is 32.1 Å². The van der Waals surface area contributed by atoms with Gasteiger partial charge in [0.1, 0.15) is 5.82 Å². The van der Waals surface area contributed by atoms with Gasteiger partial charge in [-0.1, -0.05) is 11.6 Å². The van der Waals surface area contributed by atoms with Crippen molar-refractivity contribution in [3.05, 3.63) is 40.2 Å². The van der Waals surface area contributed by atoms with Crippen molar-refractivity contribution in [2.75, 3.05) is 6.61 Å². The minimum atomic E-state index is -6.20. The molecule has 2 rings (SSSR count). The molecule has 0 saturated carbocycles. The van der Waals surface area contributed by atoms with Crippen LogP contribution in [0, 0.1) is 12.7 Å². The second-order valence-electron chi connectivity index (χ2n) is 7.76. The van der Waals surface area contributed by atoms with E-state index in [-0.39, 0.29) is 28.1 Å². The van der Waals surface area contributed by atoms with Gasteiger partial charge >= 0.3 is 21.6 Å². The largest absolute Gasteiger partial charge is 0.534 e. The molecule has 2 aromatic rings. The van der Waals surface area contributed by atoms with Crippen molar-refractivity contribution in [1.29, 1.82) is 0 Å². The van der Waals surface area contributed by atoms with Gasteiger partial charge in [-0.25, -0.2) is 9.18 Å². The van der Waals surface area contributed by atoms with Gasteiger partial charge in [-0.05, 0) is 58.4 Å². The van der Waals surface area contributed by atoms with Crippen LogP contribution in [0.2, 0.25) is 5.02 Å². The van der Waals surface area contributed by atoms with Crippen LogP contribution in [0.5, 0.6) is 5.75 Å². The zero-order chi connectivity index (χ0) is 24.6. The first-order valence-electron chi connectivity index (χ1n) is 9.26. The third-order valence-electron chi connectivity index (χ3n) is 4.08. The van der Waals surface area contributed by atoms with E-state index in [1.165, 1.54) is 19.9 Å². The molecule has 12 heteroatoms. The van der Waals surface area contributed by atoms with Gasteiger partial charge < -0.3 is 13.7 Å². The van der Waals surface area contributed by atoms with Crippen molar-refractivity contribution in [1.82, 2.24) is 0 Å². The standard InChI is InChI=1S/C20H21ClF4O6S/c1-6-29-18(26)17(30-19(3,4)5)15-10(2)7-12-13(8-11(22)9-14(12)21)16(15)31-32(27,28)20(23,24)25/h7-9,17H,6H2,1-5H3/t17-/m0/s1. The Morgan fingerprint density at radius 2 is 1.72 bits per heavy atom. The summed E-state index contributed by atoms with van der Waals surface area (Å²) in [6.45, 7) is 7.50. The first-order chi connectivity index (χ1) is 14.5. The Labute approximate surface area is 187 Å². The summed E-state index contributed by atoms with van der Waals surface area (Å²) in [4.78, 5) is 12.7. The monoisotopic (exact) mass is 500 g/mol. The molecular weight excluding hydrogens is 480 g/mol. The van der Waals surface area contributed by atoms with Crippen molar-refractivity contribution in [3.63, 3.8) is 0 Å². The minimum absolute atomic E-state index is 0.0139. The van der Waals surface area contributed by atoms with E-state index in [4.69, 9.17) is 21.1 Å². The van der Waals surface area contributed by atoms with E-state index in [0.29, 0.717) is 0 Å². The van der Waals surface area contributed by atoms with E-state index in [0.717, 1.165) is 12.1 Å². The highest BCUT2D eigenvalue weighted by Crippen LogP contribution is 2.44. The van der Waals surface area contributed by atoms with E-state index in [1.807, 2.05) is 0 Å². The maximum Gasteiger partial charge on any atom is 0.534 e. The van der Waals surface area contributed by atoms with Crippen LogP contribution >= 0.6 is 11.6 Å². The van der Waals surface area contributed by atoms with Crippen molar-refractivity contribution in [2.45, 2.75) is 51.8 Å². The molecule has 1 atom stereocenters. The van der Waals surface area contributed by atoms with Gasteiger partial charge in [0, 0.05) is 16.3 Å². The number of rotatable bonds is 6. The number of hydrogen-bond acceptors (Lipinski definition) is 6. The molecule has 0 amide bonds. The number of hydrogen-bond donors (Lipinski definition) is 0. The van der Waals surface area contributed by atoms with Gasteiger partial charge in [-0.2, -0.15) is 21.6 Å². The molecule has 0 unspecified atom stereocenters. The van der Waals surface area contributed by atoms with Crippen LogP contribution in [0.3, 0.4) is 0 Å². The lowest BCUT2D eigenvalue weighted by Crippen LogP contribution is -2.31. The number of halogens is 5. The van der Waals surface area contributed by atoms with Crippen LogP contribution in [-0.2, 0) is 24.4 Å². The molecule has 0 fully saturated rings.